The zero-order chi connectivity index (χ0) is 23.3. The second kappa shape index (κ2) is 10.2. The normalized spacial score (nSPS) is 14.3. The molecule has 0 amide bonds. The second-order valence-electron chi connectivity index (χ2n) is 8.85. The van der Waals surface area contributed by atoms with Crippen LogP contribution in [0.5, 0.6) is 5.88 Å². The summed E-state index contributed by atoms with van der Waals surface area (Å²) in [4.78, 5) is 9.77. The van der Waals surface area contributed by atoms with Crippen molar-refractivity contribution in [2.75, 3.05) is 19.7 Å². The van der Waals surface area contributed by atoms with Crippen LogP contribution in [0.25, 0.3) is 33.6 Å². The molecule has 3 N–H and O–H groups in total. The minimum atomic E-state index is 0.511. The van der Waals surface area contributed by atoms with Crippen LogP contribution < -0.4 is 15.8 Å². The monoisotopic (exact) mass is 454 g/mol. The maximum absolute atomic E-state index is 6.13. The third kappa shape index (κ3) is 4.88. The third-order valence-electron chi connectivity index (χ3n) is 6.48. The van der Waals surface area contributed by atoms with E-state index >= 15 is 0 Å². The van der Waals surface area contributed by atoms with Gasteiger partial charge in [-0.25, -0.2) is 9.97 Å². The van der Waals surface area contributed by atoms with Crippen molar-refractivity contribution < 1.29 is 9.15 Å². The molecule has 4 aromatic rings. The molecular weight excluding hydrogens is 424 g/mol. The van der Waals surface area contributed by atoms with Crippen LogP contribution in [0, 0.1) is 12.8 Å². The minimum absolute atomic E-state index is 0.511. The number of rotatable bonds is 7. The van der Waals surface area contributed by atoms with Gasteiger partial charge in [0.25, 0.3) is 0 Å². The molecule has 0 bridgehead atoms. The summed E-state index contributed by atoms with van der Waals surface area (Å²) < 4.78 is 11.4. The van der Waals surface area contributed by atoms with Gasteiger partial charge < -0.3 is 20.2 Å². The number of nitrogens with two attached hydrogens (primary N) is 1. The van der Waals surface area contributed by atoms with Gasteiger partial charge in [0.05, 0.1) is 31.0 Å². The number of aromatic nitrogens is 2. The standard InChI is InChI=1S/C28H30N4O2/c1-19-14-23(24-10-13-33-18-24)6-7-25(19)28-27(22-4-2-20(15-29)3-5-22)31-16-26(32-28)34-17-21-8-11-30-12-9-21/h2-7,10,13-14,16,18,21,30H,8-9,11-12,15,17,29H2,1H3. The van der Waals surface area contributed by atoms with Crippen molar-refractivity contribution in [2.45, 2.75) is 26.3 Å². The fraction of sp³-hybridized carbons (Fsp3) is 0.286. The lowest BCUT2D eigenvalue weighted by Crippen LogP contribution is -2.30. The van der Waals surface area contributed by atoms with Crippen LogP contribution in [-0.4, -0.2) is 29.7 Å². The molecule has 6 nitrogen and oxygen atoms in total. The topological polar surface area (TPSA) is 86.2 Å². The Morgan fingerprint density at radius 3 is 2.50 bits per heavy atom. The van der Waals surface area contributed by atoms with Gasteiger partial charge in [-0.1, -0.05) is 42.5 Å². The van der Waals surface area contributed by atoms with Crippen molar-refractivity contribution in [3.8, 4) is 39.5 Å². The average Bonchev–Trinajstić information content (AvgIpc) is 3.43. The number of hydrogen-bond donors (Lipinski definition) is 2. The summed E-state index contributed by atoms with van der Waals surface area (Å²) >= 11 is 0. The lowest BCUT2D eigenvalue weighted by atomic mass is 9.96. The van der Waals surface area contributed by atoms with E-state index < -0.39 is 0 Å². The summed E-state index contributed by atoms with van der Waals surface area (Å²) in [6, 6.07) is 16.5. The molecule has 0 saturated carbocycles. The largest absolute Gasteiger partial charge is 0.476 e. The summed E-state index contributed by atoms with van der Waals surface area (Å²) in [6.45, 7) is 5.37. The van der Waals surface area contributed by atoms with Gasteiger partial charge in [0, 0.05) is 23.2 Å². The Bertz CT molecular complexity index is 1230. The quantitative estimate of drug-likeness (QED) is 0.398. The first kappa shape index (κ1) is 22.3. The summed E-state index contributed by atoms with van der Waals surface area (Å²) in [5.41, 5.74) is 13.8. The molecule has 1 fully saturated rings. The van der Waals surface area contributed by atoms with E-state index in [9.17, 15) is 0 Å². The van der Waals surface area contributed by atoms with Crippen molar-refractivity contribution in [1.82, 2.24) is 15.3 Å². The second-order valence-corrected chi connectivity index (χ2v) is 8.85. The van der Waals surface area contributed by atoms with Gasteiger partial charge in [-0.05, 0) is 61.5 Å². The molecule has 0 atom stereocenters. The fourth-order valence-corrected chi connectivity index (χ4v) is 4.43. The molecule has 3 heterocycles. The zero-order valence-electron chi connectivity index (χ0n) is 19.5. The lowest BCUT2D eigenvalue weighted by molar-refractivity contribution is 0.208. The smallest absolute Gasteiger partial charge is 0.232 e. The van der Waals surface area contributed by atoms with Gasteiger partial charge in [0.1, 0.15) is 5.69 Å². The predicted molar refractivity (Wildman–Crippen MR) is 134 cm³/mol. The maximum atomic E-state index is 6.13. The number of hydrogen-bond acceptors (Lipinski definition) is 6. The highest BCUT2D eigenvalue weighted by atomic mass is 16.5. The van der Waals surface area contributed by atoms with Crippen molar-refractivity contribution in [2.24, 2.45) is 11.7 Å². The number of nitrogens with zero attached hydrogens (tertiary/aromatic N) is 2. The number of piperidine rings is 1. The zero-order valence-corrected chi connectivity index (χ0v) is 19.5. The van der Waals surface area contributed by atoms with Crippen molar-refractivity contribution in [1.29, 1.82) is 0 Å². The van der Waals surface area contributed by atoms with E-state index in [2.05, 4.69) is 42.6 Å². The summed E-state index contributed by atoms with van der Waals surface area (Å²) in [5.74, 6) is 1.11. The van der Waals surface area contributed by atoms with E-state index in [0.717, 1.165) is 70.7 Å². The number of benzene rings is 2. The third-order valence-corrected chi connectivity index (χ3v) is 6.48. The molecular formula is C28H30N4O2. The van der Waals surface area contributed by atoms with Crippen LogP contribution in [-0.2, 0) is 6.54 Å². The van der Waals surface area contributed by atoms with Crippen LogP contribution in [0.3, 0.4) is 0 Å². The van der Waals surface area contributed by atoms with E-state index in [1.54, 1.807) is 18.7 Å². The fourth-order valence-electron chi connectivity index (χ4n) is 4.43. The highest BCUT2D eigenvalue weighted by Crippen LogP contribution is 2.34. The van der Waals surface area contributed by atoms with E-state index in [4.69, 9.17) is 24.9 Å². The first-order valence-corrected chi connectivity index (χ1v) is 11.8. The van der Waals surface area contributed by atoms with Crippen LogP contribution >= 0.6 is 0 Å². The highest BCUT2D eigenvalue weighted by Gasteiger charge is 2.18. The maximum Gasteiger partial charge on any atom is 0.232 e. The van der Waals surface area contributed by atoms with Crippen molar-refractivity contribution >= 4 is 0 Å². The molecule has 1 aliphatic heterocycles. The summed E-state index contributed by atoms with van der Waals surface area (Å²) in [5, 5.41) is 3.40. The Morgan fingerprint density at radius 1 is 1.00 bits per heavy atom. The van der Waals surface area contributed by atoms with Crippen LogP contribution in [0.4, 0.5) is 0 Å². The van der Waals surface area contributed by atoms with Crippen molar-refractivity contribution in [3.05, 3.63) is 78.4 Å². The number of furan rings is 1. The average molecular weight is 455 g/mol. The Balaban J connectivity index is 1.51. The van der Waals surface area contributed by atoms with Gasteiger partial charge in [-0.2, -0.15) is 0 Å². The molecule has 2 aromatic heterocycles. The molecule has 0 radical (unpaired) electrons. The Kier molecular flexibility index (Phi) is 6.70. The van der Waals surface area contributed by atoms with Gasteiger partial charge in [0.2, 0.25) is 5.88 Å². The predicted octanol–water partition coefficient (Wildman–Crippen LogP) is 5.22. The number of nitrogens with one attached hydrogen (secondary N) is 1. The SMILES string of the molecule is Cc1cc(-c2ccoc2)ccc1-c1nc(OCC2CCNCC2)cnc1-c1ccc(CN)cc1. The molecule has 2 aromatic carbocycles. The van der Waals surface area contributed by atoms with Gasteiger partial charge in [0.15, 0.2) is 0 Å². The molecule has 1 saturated heterocycles. The molecule has 34 heavy (non-hydrogen) atoms. The molecule has 1 aliphatic rings. The van der Waals surface area contributed by atoms with Crippen molar-refractivity contribution in [3.63, 3.8) is 0 Å². The summed E-state index contributed by atoms with van der Waals surface area (Å²) in [6.07, 6.45) is 7.44. The number of aryl methyl sites for hydroxylation is 1. The first-order valence-electron chi connectivity index (χ1n) is 11.8. The summed E-state index contributed by atoms with van der Waals surface area (Å²) in [7, 11) is 0. The number of ether oxygens (including phenoxy) is 1. The van der Waals surface area contributed by atoms with Crippen LogP contribution in [0.2, 0.25) is 0 Å². The van der Waals surface area contributed by atoms with Gasteiger partial charge in [-0.3, -0.25) is 0 Å². The van der Waals surface area contributed by atoms with Crippen LogP contribution in [0.1, 0.15) is 24.0 Å². The molecule has 6 heteroatoms. The van der Waals surface area contributed by atoms with Gasteiger partial charge >= 0.3 is 0 Å². The van der Waals surface area contributed by atoms with E-state index in [1.165, 1.54) is 0 Å². The molecule has 174 valence electrons. The minimum Gasteiger partial charge on any atom is -0.476 e. The molecule has 5 rings (SSSR count). The van der Waals surface area contributed by atoms with E-state index in [-0.39, 0.29) is 0 Å². The van der Waals surface area contributed by atoms with E-state index in [1.807, 2.05) is 18.2 Å². The lowest BCUT2D eigenvalue weighted by Gasteiger charge is -2.22. The van der Waals surface area contributed by atoms with Crippen LogP contribution in [0.15, 0.2) is 71.7 Å². The Labute approximate surface area is 200 Å². The Morgan fingerprint density at radius 2 is 1.79 bits per heavy atom. The Hall–Kier alpha value is -3.48. The highest BCUT2D eigenvalue weighted by molar-refractivity contribution is 5.81. The molecule has 0 spiro atoms. The molecule has 0 unspecified atom stereocenters. The molecule has 0 aliphatic carbocycles. The van der Waals surface area contributed by atoms with E-state index in [0.29, 0.717) is 24.9 Å². The van der Waals surface area contributed by atoms with Gasteiger partial charge in [-0.15, -0.1) is 0 Å². The first-order chi connectivity index (χ1) is 16.7.